The fraction of sp³-hybridized carbons (Fsp3) is 0.167. The molecule has 146 valence electrons. The van der Waals surface area contributed by atoms with Crippen molar-refractivity contribution in [1.29, 1.82) is 0 Å². The molecule has 0 atom stereocenters. The minimum absolute atomic E-state index is 0.0559. The fourth-order valence-electron chi connectivity index (χ4n) is 3.41. The van der Waals surface area contributed by atoms with Crippen molar-refractivity contribution < 1.29 is 4.79 Å². The number of fused-ring (bicyclic) bond motifs is 1. The van der Waals surface area contributed by atoms with Crippen LogP contribution in [0.5, 0.6) is 0 Å². The van der Waals surface area contributed by atoms with E-state index in [1.807, 2.05) is 61.5 Å². The Hall–Kier alpha value is -2.92. The van der Waals surface area contributed by atoms with Crippen LogP contribution in [0.2, 0.25) is 0 Å². The standard InChI is InChI=1S/C24H22BrN3O/c1-17-9-11-19(12-10-17)24(29)26-14-13-23-27-21-7-2-3-8-22(21)28(23)16-18-5-4-6-20(25)15-18/h2-12,15H,13-14,16H2,1H3,(H,26,29). The van der Waals surface area contributed by atoms with Crippen LogP contribution < -0.4 is 5.32 Å². The minimum atomic E-state index is -0.0559. The molecule has 5 heteroatoms. The molecule has 1 amide bonds. The molecule has 0 fully saturated rings. The van der Waals surface area contributed by atoms with Gasteiger partial charge < -0.3 is 9.88 Å². The van der Waals surface area contributed by atoms with Crippen molar-refractivity contribution in [2.45, 2.75) is 19.9 Å². The Morgan fingerprint density at radius 3 is 2.62 bits per heavy atom. The number of carbonyl (C=O) groups is 1. The van der Waals surface area contributed by atoms with Crippen LogP contribution in [0.3, 0.4) is 0 Å². The summed E-state index contributed by atoms with van der Waals surface area (Å²) in [4.78, 5) is 17.2. The Bertz CT molecular complexity index is 1150. The number of benzene rings is 3. The lowest BCUT2D eigenvalue weighted by molar-refractivity contribution is 0.0954. The lowest BCUT2D eigenvalue weighted by Crippen LogP contribution is -2.26. The van der Waals surface area contributed by atoms with E-state index in [9.17, 15) is 4.79 Å². The first-order valence-electron chi connectivity index (χ1n) is 9.63. The number of aryl methyl sites for hydroxylation is 1. The van der Waals surface area contributed by atoms with Crippen LogP contribution in [-0.4, -0.2) is 22.0 Å². The van der Waals surface area contributed by atoms with Gasteiger partial charge in [-0.25, -0.2) is 4.98 Å². The molecule has 0 spiro atoms. The number of hydrogen-bond donors (Lipinski definition) is 1. The van der Waals surface area contributed by atoms with Gasteiger partial charge in [0.05, 0.1) is 11.0 Å². The van der Waals surface area contributed by atoms with Gasteiger partial charge in [0.25, 0.3) is 5.91 Å². The molecule has 4 rings (SSSR count). The van der Waals surface area contributed by atoms with E-state index in [2.05, 4.69) is 44.0 Å². The highest BCUT2D eigenvalue weighted by Crippen LogP contribution is 2.20. The van der Waals surface area contributed by atoms with Gasteiger partial charge in [0.2, 0.25) is 0 Å². The Labute approximate surface area is 178 Å². The number of rotatable bonds is 6. The summed E-state index contributed by atoms with van der Waals surface area (Å²) < 4.78 is 3.29. The van der Waals surface area contributed by atoms with Gasteiger partial charge in [-0.3, -0.25) is 4.79 Å². The Morgan fingerprint density at radius 1 is 1.03 bits per heavy atom. The van der Waals surface area contributed by atoms with Crippen LogP contribution in [0, 0.1) is 6.92 Å². The molecule has 0 saturated heterocycles. The van der Waals surface area contributed by atoms with Crippen LogP contribution in [0.4, 0.5) is 0 Å². The molecule has 3 aromatic carbocycles. The normalized spacial score (nSPS) is 11.0. The molecule has 1 N–H and O–H groups in total. The molecule has 1 heterocycles. The van der Waals surface area contributed by atoms with E-state index in [-0.39, 0.29) is 5.91 Å². The van der Waals surface area contributed by atoms with Gasteiger partial charge in [-0.15, -0.1) is 0 Å². The second-order valence-electron chi connectivity index (χ2n) is 7.10. The van der Waals surface area contributed by atoms with Crippen LogP contribution in [0.25, 0.3) is 11.0 Å². The van der Waals surface area contributed by atoms with Gasteiger partial charge in [-0.1, -0.05) is 57.9 Å². The zero-order valence-electron chi connectivity index (χ0n) is 16.2. The zero-order valence-corrected chi connectivity index (χ0v) is 17.8. The summed E-state index contributed by atoms with van der Waals surface area (Å²) in [6.45, 7) is 3.28. The van der Waals surface area contributed by atoms with E-state index in [1.54, 1.807) is 0 Å². The highest BCUT2D eigenvalue weighted by molar-refractivity contribution is 9.10. The average molecular weight is 448 g/mol. The van der Waals surface area contributed by atoms with Crippen molar-refractivity contribution in [2.24, 2.45) is 0 Å². The van der Waals surface area contributed by atoms with Crippen LogP contribution in [-0.2, 0) is 13.0 Å². The van der Waals surface area contributed by atoms with Gasteiger partial charge in [-0.05, 0) is 48.9 Å². The highest BCUT2D eigenvalue weighted by Gasteiger charge is 2.12. The molecule has 0 saturated carbocycles. The summed E-state index contributed by atoms with van der Waals surface area (Å²) in [5, 5.41) is 3.01. The van der Waals surface area contributed by atoms with Crippen LogP contribution in [0.15, 0.2) is 77.3 Å². The second kappa shape index (κ2) is 8.62. The number of hydrogen-bond acceptors (Lipinski definition) is 2. The quantitative estimate of drug-likeness (QED) is 0.445. The number of halogens is 1. The van der Waals surface area contributed by atoms with Crippen molar-refractivity contribution in [1.82, 2.24) is 14.9 Å². The maximum absolute atomic E-state index is 12.4. The van der Waals surface area contributed by atoms with Crippen molar-refractivity contribution in [3.8, 4) is 0 Å². The van der Waals surface area contributed by atoms with Gasteiger partial charge in [0.1, 0.15) is 5.82 Å². The number of amides is 1. The van der Waals surface area contributed by atoms with Gasteiger partial charge in [-0.2, -0.15) is 0 Å². The number of nitrogens with zero attached hydrogens (tertiary/aromatic N) is 2. The van der Waals surface area contributed by atoms with Crippen molar-refractivity contribution in [3.63, 3.8) is 0 Å². The molecule has 0 aliphatic rings. The molecule has 0 aliphatic carbocycles. The van der Waals surface area contributed by atoms with E-state index in [0.717, 1.165) is 33.4 Å². The van der Waals surface area contributed by atoms with Gasteiger partial charge in [0.15, 0.2) is 0 Å². The summed E-state index contributed by atoms with van der Waals surface area (Å²) in [6.07, 6.45) is 0.667. The fourth-order valence-corrected chi connectivity index (χ4v) is 3.85. The third-order valence-corrected chi connectivity index (χ3v) is 5.40. The first-order chi connectivity index (χ1) is 14.1. The summed E-state index contributed by atoms with van der Waals surface area (Å²) in [7, 11) is 0. The lowest BCUT2D eigenvalue weighted by Gasteiger charge is -2.11. The van der Waals surface area contributed by atoms with E-state index < -0.39 is 0 Å². The first-order valence-corrected chi connectivity index (χ1v) is 10.4. The Balaban J connectivity index is 1.52. The minimum Gasteiger partial charge on any atom is -0.352 e. The molecule has 0 bridgehead atoms. The number of para-hydroxylation sites is 2. The second-order valence-corrected chi connectivity index (χ2v) is 8.02. The first kappa shape index (κ1) is 19.4. The van der Waals surface area contributed by atoms with E-state index in [1.165, 1.54) is 5.56 Å². The predicted octanol–water partition coefficient (Wildman–Crippen LogP) is 5.13. The molecule has 0 aliphatic heterocycles. The lowest BCUT2D eigenvalue weighted by atomic mass is 10.1. The number of aromatic nitrogens is 2. The molecule has 29 heavy (non-hydrogen) atoms. The highest BCUT2D eigenvalue weighted by atomic mass is 79.9. The number of nitrogens with one attached hydrogen (secondary N) is 1. The smallest absolute Gasteiger partial charge is 0.251 e. The van der Waals surface area contributed by atoms with Crippen LogP contribution >= 0.6 is 15.9 Å². The summed E-state index contributed by atoms with van der Waals surface area (Å²) in [6, 6.07) is 24.1. The molecule has 4 nitrogen and oxygen atoms in total. The van der Waals surface area contributed by atoms with Crippen molar-refractivity contribution >= 4 is 32.9 Å². The third-order valence-electron chi connectivity index (χ3n) is 4.91. The number of imidazole rings is 1. The summed E-state index contributed by atoms with van der Waals surface area (Å²) in [5.41, 5.74) is 5.10. The maximum atomic E-state index is 12.4. The van der Waals surface area contributed by atoms with Crippen molar-refractivity contribution in [2.75, 3.05) is 6.54 Å². The van der Waals surface area contributed by atoms with E-state index in [0.29, 0.717) is 18.5 Å². The summed E-state index contributed by atoms with van der Waals surface area (Å²) >= 11 is 3.55. The topological polar surface area (TPSA) is 46.9 Å². The Kier molecular flexibility index (Phi) is 5.76. The maximum Gasteiger partial charge on any atom is 0.251 e. The zero-order chi connectivity index (χ0) is 20.2. The molecule has 0 radical (unpaired) electrons. The third kappa shape index (κ3) is 4.57. The van der Waals surface area contributed by atoms with Crippen LogP contribution in [0.1, 0.15) is 27.3 Å². The number of carbonyl (C=O) groups excluding carboxylic acids is 1. The summed E-state index contributed by atoms with van der Waals surface area (Å²) in [5.74, 6) is 0.912. The van der Waals surface area contributed by atoms with E-state index >= 15 is 0 Å². The van der Waals surface area contributed by atoms with Gasteiger partial charge in [0, 0.05) is 29.5 Å². The largest absolute Gasteiger partial charge is 0.352 e. The molecule has 1 aromatic heterocycles. The SMILES string of the molecule is Cc1ccc(C(=O)NCCc2nc3ccccc3n2Cc2cccc(Br)c2)cc1. The average Bonchev–Trinajstić information content (AvgIpc) is 3.06. The van der Waals surface area contributed by atoms with Crippen molar-refractivity contribution in [3.05, 3.63) is 99.8 Å². The predicted molar refractivity (Wildman–Crippen MR) is 120 cm³/mol. The Morgan fingerprint density at radius 2 is 1.83 bits per heavy atom. The molecule has 4 aromatic rings. The molecule has 0 unspecified atom stereocenters. The van der Waals surface area contributed by atoms with E-state index in [4.69, 9.17) is 4.98 Å². The monoisotopic (exact) mass is 447 g/mol. The van der Waals surface area contributed by atoms with Gasteiger partial charge >= 0.3 is 0 Å². The molecular formula is C24H22BrN3O. The molecular weight excluding hydrogens is 426 g/mol.